The highest BCUT2D eigenvalue weighted by Gasteiger charge is 1.82. The lowest BCUT2D eigenvalue weighted by atomic mass is 10.2. The van der Waals surface area contributed by atoms with Crippen molar-refractivity contribution in [3.8, 4) is 0 Å². The average molecular weight is 184 g/mol. The Bertz CT molecular complexity index is 153. The van der Waals surface area contributed by atoms with Gasteiger partial charge in [0, 0.05) is 0 Å². The first kappa shape index (κ1) is 17.9. The van der Waals surface area contributed by atoms with Crippen molar-refractivity contribution in [2.45, 2.75) is 20.7 Å². The van der Waals surface area contributed by atoms with Gasteiger partial charge in [0.25, 0.3) is 0 Å². The van der Waals surface area contributed by atoms with Crippen LogP contribution < -0.4 is 0 Å². The molecule has 1 nitrogen and oxygen atoms in total. The number of ether oxygens (including phenoxy) is 1. The standard InChI is InChI=1S/C7H9FO.C2H6.CH3B/c1-6(8)4-5-7(2)9-3;2*1-2/h4-5H,1-2H2,3H3;1-2H3;1H3/b5-4-;;. The van der Waals surface area contributed by atoms with E-state index in [1.54, 1.807) is 0 Å². The Kier molecular flexibility index (Phi) is 23.7. The Labute approximate surface area is 82.4 Å². The van der Waals surface area contributed by atoms with Crippen LogP contribution in [0.4, 0.5) is 4.39 Å². The van der Waals surface area contributed by atoms with Gasteiger partial charge in [-0.25, -0.2) is 4.39 Å². The second-order valence-electron chi connectivity index (χ2n) is 1.45. The molecule has 0 heterocycles. The normalized spacial score (nSPS) is 7.46. The molecule has 0 N–H and O–H groups in total. The summed E-state index contributed by atoms with van der Waals surface area (Å²) >= 11 is 0. The zero-order chi connectivity index (χ0) is 11.3. The number of methoxy groups -OCH3 is 1. The van der Waals surface area contributed by atoms with E-state index in [2.05, 4.69) is 25.7 Å². The zero-order valence-corrected chi connectivity index (χ0v) is 8.93. The third kappa shape index (κ3) is 24.7. The van der Waals surface area contributed by atoms with Gasteiger partial charge < -0.3 is 4.74 Å². The van der Waals surface area contributed by atoms with E-state index in [1.807, 2.05) is 13.8 Å². The summed E-state index contributed by atoms with van der Waals surface area (Å²) in [7, 11) is 5.97. The molecule has 0 aromatic carbocycles. The van der Waals surface area contributed by atoms with Crippen molar-refractivity contribution in [3.63, 3.8) is 0 Å². The molecule has 0 fully saturated rings. The van der Waals surface area contributed by atoms with Gasteiger partial charge in [-0.05, 0) is 12.2 Å². The van der Waals surface area contributed by atoms with Gasteiger partial charge in [-0.1, -0.05) is 33.8 Å². The summed E-state index contributed by atoms with van der Waals surface area (Å²) in [5, 5.41) is 0. The van der Waals surface area contributed by atoms with E-state index in [9.17, 15) is 4.39 Å². The number of hydrogen-bond acceptors (Lipinski definition) is 1. The van der Waals surface area contributed by atoms with Crippen LogP contribution in [0.1, 0.15) is 13.8 Å². The lowest BCUT2D eigenvalue weighted by molar-refractivity contribution is 0.308. The molecule has 0 aliphatic carbocycles. The minimum atomic E-state index is -0.506. The maximum Gasteiger partial charge on any atom is 0.116 e. The molecule has 0 saturated heterocycles. The highest BCUT2D eigenvalue weighted by atomic mass is 19.1. The third-order valence-corrected chi connectivity index (χ3v) is 0.712. The fourth-order valence-electron chi connectivity index (χ4n) is 0.251. The van der Waals surface area contributed by atoms with Crippen LogP contribution in [0.5, 0.6) is 0 Å². The molecule has 74 valence electrons. The van der Waals surface area contributed by atoms with Crippen molar-refractivity contribution in [2.24, 2.45) is 0 Å². The van der Waals surface area contributed by atoms with E-state index < -0.39 is 5.83 Å². The Morgan fingerprint density at radius 1 is 1.23 bits per heavy atom. The topological polar surface area (TPSA) is 9.23 Å². The highest BCUT2D eigenvalue weighted by molar-refractivity contribution is 6.05. The molecule has 0 rings (SSSR count). The van der Waals surface area contributed by atoms with Crippen molar-refractivity contribution < 1.29 is 9.13 Å². The number of halogens is 1. The number of rotatable bonds is 3. The quantitative estimate of drug-likeness (QED) is 0.371. The van der Waals surface area contributed by atoms with Crippen LogP contribution in [0, 0.1) is 0 Å². The van der Waals surface area contributed by atoms with E-state index in [1.165, 1.54) is 26.1 Å². The first-order valence-electron chi connectivity index (χ1n) is 4.00. The molecule has 0 aliphatic rings. The summed E-state index contributed by atoms with van der Waals surface area (Å²) in [6, 6.07) is 0. The second kappa shape index (κ2) is 17.2. The molecule has 13 heavy (non-hydrogen) atoms. The molecule has 0 aromatic rings. The molecule has 0 amide bonds. The monoisotopic (exact) mass is 184 g/mol. The van der Waals surface area contributed by atoms with Gasteiger partial charge in [-0.2, -0.15) is 0 Å². The maximum absolute atomic E-state index is 11.8. The minimum Gasteiger partial charge on any atom is -0.497 e. The van der Waals surface area contributed by atoms with Crippen LogP contribution in [0.2, 0.25) is 6.82 Å². The Morgan fingerprint density at radius 3 is 1.85 bits per heavy atom. The summed E-state index contributed by atoms with van der Waals surface area (Å²) < 4.78 is 16.4. The molecule has 0 spiro atoms. The second-order valence-corrected chi connectivity index (χ2v) is 1.45. The molecule has 0 unspecified atom stereocenters. The third-order valence-electron chi connectivity index (χ3n) is 0.712. The average Bonchev–Trinajstić information content (AvgIpc) is 2.20. The summed E-state index contributed by atoms with van der Waals surface area (Å²) in [6.07, 6.45) is 2.59. The maximum atomic E-state index is 11.8. The Balaban J connectivity index is -0.000000218. The van der Waals surface area contributed by atoms with Crippen LogP contribution in [0.15, 0.2) is 36.9 Å². The van der Waals surface area contributed by atoms with Crippen LogP contribution >= 0.6 is 0 Å². The molecule has 0 saturated carbocycles. The lowest BCUT2D eigenvalue weighted by Crippen LogP contribution is -1.76. The lowest BCUT2D eigenvalue weighted by Gasteiger charge is -1.93. The van der Waals surface area contributed by atoms with Crippen LogP contribution in [-0.4, -0.2) is 15.0 Å². The molecular weight excluding hydrogens is 166 g/mol. The number of hydrogen-bond donors (Lipinski definition) is 0. The SMILES string of the molecule is C=C(F)/C=C\C(=C)OC.CC.[B]C. The van der Waals surface area contributed by atoms with E-state index in [-0.39, 0.29) is 0 Å². The zero-order valence-electron chi connectivity index (χ0n) is 8.93. The predicted molar refractivity (Wildman–Crippen MR) is 58.5 cm³/mol. The number of allylic oxidation sites excluding steroid dienone is 3. The minimum absolute atomic E-state index is 0.411. The molecule has 0 aromatic heterocycles. The van der Waals surface area contributed by atoms with Gasteiger partial charge in [-0.3, -0.25) is 0 Å². The van der Waals surface area contributed by atoms with Crippen LogP contribution in [0.3, 0.4) is 0 Å². The van der Waals surface area contributed by atoms with Crippen molar-refractivity contribution >= 4 is 7.85 Å². The molecule has 0 bridgehead atoms. The fourth-order valence-corrected chi connectivity index (χ4v) is 0.251. The van der Waals surface area contributed by atoms with Crippen LogP contribution in [-0.2, 0) is 4.74 Å². The smallest absolute Gasteiger partial charge is 0.116 e. The van der Waals surface area contributed by atoms with Gasteiger partial charge in [0.15, 0.2) is 0 Å². The molecule has 3 heteroatoms. The van der Waals surface area contributed by atoms with E-state index in [4.69, 9.17) is 0 Å². The highest BCUT2D eigenvalue weighted by Crippen LogP contribution is 1.98. The first-order chi connectivity index (χ1) is 6.16. The molecule has 2 radical (unpaired) electrons. The summed E-state index contributed by atoms with van der Waals surface area (Å²) in [5.74, 6) is -0.0954. The van der Waals surface area contributed by atoms with Crippen LogP contribution in [0.25, 0.3) is 0 Å². The molecular formula is C10H18BFO. The van der Waals surface area contributed by atoms with Crippen molar-refractivity contribution in [3.05, 3.63) is 36.9 Å². The van der Waals surface area contributed by atoms with Gasteiger partial charge in [0.1, 0.15) is 11.6 Å². The predicted octanol–water partition coefficient (Wildman–Crippen LogP) is 3.42. The molecule has 0 atom stereocenters. The van der Waals surface area contributed by atoms with Crippen molar-refractivity contribution in [1.82, 2.24) is 0 Å². The summed E-state index contributed by atoms with van der Waals surface area (Å²) in [4.78, 5) is 0. The van der Waals surface area contributed by atoms with E-state index in [0.29, 0.717) is 5.76 Å². The van der Waals surface area contributed by atoms with Crippen molar-refractivity contribution in [2.75, 3.05) is 7.11 Å². The Hall–Kier alpha value is -0.985. The van der Waals surface area contributed by atoms with Gasteiger partial charge in [0.2, 0.25) is 0 Å². The van der Waals surface area contributed by atoms with Gasteiger partial charge >= 0.3 is 0 Å². The summed E-state index contributed by atoms with van der Waals surface area (Å²) in [5.41, 5.74) is 0. The molecule has 0 aliphatic heterocycles. The van der Waals surface area contributed by atoms with Crippen molar-refractivity contribution in [1.29, 1.82) is 0 Å². The van der Waals surface area contributed by atoms with Gasteiger partial charge in [-0.15, -0.1) is 0 Å². The van der Waals surface area contributed by atoms with Gasteiger partial charge in [0.05, 0.1) is 15.0 Å². The first-order valence-corrected chi connectivity index (χ1v) is 4.00. The largest absolute Gasteiger partial charge is 0.497 e. The Morgan fingerprint density at radius 2 is 1.62 bits per heavy atom. The van der Waals surface area contributed by atoms with E-state index >= 15 is 0 Å². The van der Waals surface area contributed by atoms with E-state index in [0.717, 1.165) is 0 Å². The fraction of sp³-hybridized carbons (Fsp3) is 0.400. The summed E-state index contributed by atoms with van der Waals surface area (Å²) in [6.45, 7) is 11.9.